The van der Waals surface area contributed by atoms with E-state index in [1.54, 1.807) is 0 Å². The van der Waals surface area contributed by atoms with Gasteiger partial charge in [-0.15, -0.1) is 0 Å². The summed E-state index contributed by atoms with van der Waals surface area (Å²) in [5.74, 6) is 0. The van der Waals surface area contributed by atoms with E-state index in [4.69, 9.17) is 12.2 Å². The lowest BCUT2D eigenvalue weighted by molar-refractivity contribution is 0.847. The minimum absolute atomic E-state index is 0.650. The van der Waals surface area contributed by atoms with Crippen LogP contribution in [0.15, 0.2) is 41.6 Å². The van der Waals surface area contributed by atoms with Crippen molar-refractivity contribution in [3.63, 3.8) is 0 Å². The molecule has 0 amide bonds. The number of thiocarbonyl (C=S) groups is 1. The third kappa shape index (κ3) is 3.26. The molecule has 0 radical (unpaired) electrons. The molecule has 0 aliphatic heterocycles. The van der Waals surface area contributed by atoms with Crippen LogP contribution in [-0.2, 0) is 0 Å². The highest BCUT2D eigenvalue weighted by atomic mass is 32.2. The van der Waals surface area contributed by atoms with Gasteiger partial charge in [-0.05, 0) is 32.2 Å². The van der Waals surface area contributed by atoms with Crippen molar-refractivity contribution in [2.24, 2.45) is 5.10 Å². The molecule has 20 heavy (non-hydrogen) atoms. The lowest BCUT2D eigenvalue weighted by atomic mass is 10.2. The normalized spacial score (nSPS) is 11.4. The molecule has 0 fully saturated rings. The van der Waals surface area contributed by atoms with Gasteiger partial charge < -0.3 is 0 Å². The Morgan fingerprint density at radius 2 is 2.05 bits per heavy atom. The molecule has 0 unspecified atom stereocenters. The topological polar surface area (TPSA) is 42.2 Å². The van der Waals surface area contributed by atoms with Crippen LogP contribution in [0.25, 0.3) is 5.69 Å². The summed E-state index contributed by atoms with van der Waals surface area (Å²) in [4.78, 5) is 0. The van der Waals surface area contributed by atoms with Gasteiger partial charge in [0.2, 0.25) is 0 Å². The molecule has 0 saturated heterocycles. The van der Waals surface area contributed by atoms with Crippen LogP contribution in [0.5, 0.6) is 0 Å². The van der Waals surface area contributed by atoms with Crippen LogP contribution in [0.2, 0.25) is 0 Å². The Hall–Kier alpha value is -1.66. The maximum atomic E-state index is 5.06. The van der Waals surface area contributed by atoms with Crippen LogP contribution in [0, 0.1) is 6.92 Å². The number of hydrogen-bond acceptors (Lipinski definition) is 4. The average molecular weight is 304 g/mol. The molecule has 0 atom stereocenters. The van der Waals surface area contributed by atoms with E-state index >= 15 is 0 Å². The maximum absolute atomic E-state index is 5.06. The van der Waals surface area contributed by atoms with E-state index in [0.717, 1.165) is 22.7 Å². The fourth-order valence-electron chi connectivity index (χ4n) is 1.83. The molecule has 0 aliphatic carbocycles. The molecule has 1 heterocycles. The van der Waals surface area contributed by atoms with Gasteiger partial charge in [0.05, 0.1) is 23.3 Å². The number of aromatic nitrogens is 2. The number of hydrazone groups is 1. The van der Waals surface area contributed by atoms with E-state index in [1.165, 1.54) is 11.8 Å². The monoisotopic (exact) mass is 304 g/mol. The van der Waals surface area contributed by atoms with Crippen LogP contribution in [-0.4, -0.2) is 26.1 Å². The predicted octanol–water partition coefficient (Wildman–Crippen LogP) is 3.14. The highest BCUT2D eigenvalue weighted by molar-refractivity contribution is 8.22. The molecule has 2 aromatic rings. The minimum Gasteiger partial charge on any atom is -0.262 e. The number of nitrogens with one attached hydrogen (secondary N) is 1. The Kier molecular flexibility index (Phi) is 4.92. The summed E-state index contributed by atoms with van der Waals surface area (Å²) in [6.07, 6.45) is 3.74. The van der Waals surface area contributed by atoms with Gasteiger partial charge in [0.15, 0.2) is 4.32 Å². The van der Waals surface area contributed by atoms with Gasteiger partial charge in [0, 0.05) is 5.56 Å². The second-order valence-corrected chi connectivity index (χ2v) is 5.67. The molecule has 2 rings (SSSR count). The van der Waals surface area contributed by atoms with E-state index < -0.39 is 0 Å². The van der Waals surface area contributed by atoms with E-state index in [-0.39, 0.29) is 0 Å². The Balaban J connectivity index is 2.27. The predicted molar refractivity (Wildman–Crippen MR) is 89.8 cm³/mol. The Labute approximate surface area is 128 Å². The molecule has 4 nitrogen and oxygen atoms in total. The lowest BCUT2D eigenvalue weighted by Crippen LogP contribution is -2.13. The van der Waals surface area contributed by atoms with Crippen molar-refractivity contribution in [2.45, 2.75) is 13.8 Å². The molecule has 0 spiro atoms. The van der Waals surface area contributed by atoms with Gasteiger partial charge in [-0.2, -0.15) is 10.2 Å². The summed E-state index contributed by atoms with van der Waals surface area (Å²) in [5, 5.41) is 8.71. The van der Waals surface area contributed by atoms with Crippen LogP contribution in [0.3, 0.4) is 0 Å². The summed E-state index contributed by atoms with van der Waals surface area (Å²) >= 11 is 6.52. The quantitative estimate of drug-likeness (QED) is 0.537. The van der Waals surface area contributed by atoms with Gasteiger partial charge in [0.1, 0.15) is 0 Å². The first-order chi connectivity index (χ1) is 9.63. The zero-order valence-electron chi connectivity index (χ0n) is 11.6. The van der Waals surface area contributed by atoms with Crippen molar-refractivity contribution in [2.75, 3.05) is 6.26 Å². The third-order valence-corrected chi connectivity index (χ3v) is 3.95. The zero-order chi connectivity index (χ0) is 14.5. The SMILES string of the molecule is CSC(=S)NN=C(C)c1cnn(-c2ccccc2)c1C. The largest absolute Gasteiger partial charge is 0.262 e. The number of nitrogens with zero attached hydrogens (tertiary/aromatic N) is 3. The Morgan fingerprint density at radius 1 is 1.35 bits per heavy atom. The molecule has 1 N–H and O–H groups in total. The standard InChI is InChI=1S/C14H16N4S2/c1-10(16-17-14(19)20-3)13-9-15-18(11(13)2)12-7-5-4-6-8-12/h4-9H,1-3H3,(H,17,19). The fourth-order valence-corrected chi connectivity index (χ4v) is 2.01. The molecule has 6 heteroatoms. The molecule has 1 aromatic heterocycles. The molecule has 0 aliphatic rings. The average Bonchev–Trinajstić information content (AvgIpc) is 2.87. The highest BCUT2D eigenvalue weighted by Gasteiger charge is 2.10. The molecule has 104 valence electrons. The summed E-state index contributed by atoms with van der Waals surface area (Å²) in [7, 11) is 0. The van der Waals surface area contributed by atoms with Crippen molar-refractivity contribution >= 4 is 34.0 Å². The first kappa shape index (κ1) is 14.7. The number of hydrogen-bond donors (Lipinski definition) is 1. The number of benzene rings is 1. The van der Waals surface area contributed by atoms with E-state index in [0.29, 0.717) is 4.32 Å². The molecule has 0 saturated carbocycles. The molecule has 0 bridgehead atoms. The van der Waals surface area contributed by atoms with Crippen molar-refractivity contribution in [1.82, 2.24) is 15.2 Å². The Morgan fingerprint density at radius 3 is 2.70 bits per heavy atom. The minimum atomic E-state index is 0.650. The van der Waals surface area contributed by atoms with Crippen molar-refractivity contribution < 1.29 is 0 Å². The van der Waals surface area contributed by atoms with Crippen molar-refractivity contribution in [3.8, 4) is 5.69 Å². The van der Waals surface area contributed by atoms with Gasteiger partial charge in [-0.3, -0.25) is 5.43 Å². The smallest absolute Gasteiger partial charge is 0.153 e. The van der Waals surface area contributed by atoms with E-state index in [9.17, 15) is 0 Å². The van der Waals surface area contributed by atoms with Crippen LogP contribution in [0.4, 0.5) is 0 Å². The number of rotatable bonds is 3. The second kappa shape index (κ2) is 6.67. The number of para-hydroxylation sites is 1. The van der Waals surface area contributed by atoms with Gasteiger partial charge in [-0.25, -0.2) is 4.68 Å². The lowest BCUT2D eigenvalue weighted by Gasteiger charge is -2.05. The number of thioether (sulfide) groups is 1. The summed E-state index contributed by atoms with van der Waals surface area (Å²) in [6, 6.07) is 10.0. The van der Waals surface area contributed by atoms with Crippen LogP contribution < -0.4 is 5.43 Å². The van der Waals surface area contributed by atoms with Crippen LogP contribution in [0.1, 0.15) is 18.2 Å². The van der Waals surface area contributed by atoms with Crippen LogP contribution >= 0.6 is 24.0 Å². The highest BCUT2D eigenvalue weighted by Crippen LogP contribution is 2.14. The van der Waals surface area contributed by atoms with E-state index in [2.05, 4.69) is 15.6 Å². The van der Waals surface area contributed by atoms with Gasteiger partial charge >= 0.3 is 0 Å². The van der Waals surface area contributed by atoms with E-state index in [1.807, 2.05) is 61.3 Å². The molecule has 1 aromatic carbocycles. The van der Waals surface area contributed by atoms with Gasteiger partial charge in [0.25, 0.3) is 0 Å². The first-order valence-corrected chi connectivity index (χ1v) is 7.75. The van der Waals surface area contributed by atoms with Gasteiger partial charge in [-0.1, -0.05) is 42.2 Å². The van der Waals surface area contributed by atoms with Crippen molar-refractivity contribution in [3.05, 3.63) is 47.8 Å². The zero-order valence-corrected chi connectivity index (χ0v) is 13.3. The Bertz CT molecular complexity index is 632. The fraction of sp³-hybridized carbons (Fsp3) is 0.214. The molecular weight excluding hydrogens is 288 g/mol. The maximum Gasteiger partial charge on any atom is 0.153 e. The van der Waals surface area contributed by atoms with Crippen molar-refractivity contribution in [1.29, 1.82) is 0 Å². The summed E-state index contributed by atoms with van der Waals surface area (Å²) in [6.45, 7) is 3.97. The summed E-state index contributed by atoms with van der Waals surface area (Å²) in [5.41, 5.74) is 6.81. The molecular formula is C14H16N4S2. The summed E-state index contributed by atoms with van der Waals surface area (Å²) < 4.78 is 2.55. The third-order valence-electron chi connectivity index (χ3n) is 2.90. The second-order valence-electron chi connectivity index (χ2n) is 4.19. The first-order valence-electron chi connectivity index (χ1n) is 6.12.